The maximum absolute atomic E-state index is 12.0. The molecule has 0 atom stereocenters. The first-order chi connectivity index (χ1) is 12.9. The first-order valence-electron chi connectivity index (χ1n) is 8.29. The largest absolute Gasteiger partial charge is 0.345 e. The Morgan fingerprint density at radius 1 is 1.15 bits per heavy atom. The molecule has 0 aliphatic heterocycles. The molecule has 0 radical (unpaired) electrons. The molecule has 0 saturated carbocycles. The molecule has 27 heavy (non-hydrogen) atoms. The number of benzene rings is 2. The molecule has 3 rings (SSSR count). The van der Waals surface area contributed by atoms with Gasteiger partial charge in [-0.25, -0.2) is 9.48 Å². The van der Waals surface area contributed by atoms with Crippen LogP contribution in [0.25, 0.3) is 11.0 Å². The van der Waals surface area contributed by atoms with Gasteiger partial charge in [-0.1, -0.05) is 21.1 Å². The lowest BCUT2D eigenvalue weighted by molar-refractivity contribution is 0.0827. The van der Waals surface area contributed by atoms with Crippen LogP contribution in [0.15, 0.2) is 46.9 Å². The van der Waals surface area contributed by atoms with Crippen LogP contribution in [0.2, 0.25) is 0 Å². The van der Waals surface area contributed by atoms with E-state index < -0.39 is 0 Å². The van der Waals surface area contributed by atoms with E-state index in [1.54, 1.807) is 43.0 Å². The Labute approximate surface area is 164 Å². The summed E-state index contributed by atoms with van der Waals surface area (Å²) in [5.41, 5.74) is 2.72. The summed E-state index contributed by atoms with van der Waals surface area (Å²) in [4.78, 5) is 25.5. The number of hydrogen-bond acceptors (Lipinski definition) is 4. The quantitative estimate of drug-likeness (QED) is 0.650. The average molecular weight is 431 g/mol. The predicted molar refractivity (Wildman–Crippen MR) is 107 cm³/mol. The third-order valence-corrected chi connectivity index (χ3v) is 4.41. The van der Waals surface area contributed by atoms with Crippen molar-refractivity contribution in [3.63, 3.8) is 0 Å². The van der Waals surface area contributed by atoms with Crippen molar-refractivity contribution in [1.29, 1.82) is 0 Å². The van der Waals surface area contributed by atoms with Crippen molar-refractivity contribution >= 4 is 44.6 Å². The number of rotatable bonds is 5. The second kappa shape index (κ2) is 8.17. The topological polar surface area (TPSA) is 92.2 Å². The normalized spacial score (nSPS) is 10.6. The average Bonchev–Trinajstić information content (AvgIpc) is 3.05. The number of nitrogens with zero attached hydrogens (tertiary/aromatic N) is 4. The van der Waals surface area contributed by atoms with Crippen molar-refractivity contribution in [2.45, 2.75) is 6.54 Å². The summed E-state index contributed by atoms with van der Waals surface area (Å²) in [6, 6.07) is 12.3. The van der Waals surface area contributed by atoms with Crippen molar-refractivity contribution in [3.05, 3.63) is 52.5 Å². The number of urea groups is 1. The molecule has 3 amide bonds. The lowest BCUT2D eigenvalue weighted by Crippen LogP contribution is -2.31. The smallest absolute Gasteiger partial charge is 0.319 e. The second-order valence-corrected chi connectivity index (χ2v) is 7.02. The van der Waals surface area contributed by atoms with Gasteiger partial charge in [0.05, 0.1) is 12.1 Å². The standard InChI is InChI=1S/C18H19BrN6O2/c1-24(2)17(26)12-3-8-16-15(11-12)22-23-25(16)10-9-20-18(27)21-14-6-4-13(19)5-7-14/h3-8,11H,9-10H2,1-2H3,(H2,20,21,27). The summed E-state index contributed by atoms with van der Waals surface area (Å²) in [6.45, 7) is 0.852. The van der Waals surface area contributed by atoms with Crippen molar-refractivity contribution in [2.75, 3.05) is 26.0 Å². The fraction of sp³-hybridized carbons (Fsp3) is 0.222. The molecular weight excluding hydrogens is 412 g/mol. The molecule has 0 unspecified atom stereocenters. The van der Waals surface area contributed by atoms with Crippen LogP contribution in [0.4, 0.5) is 10.5 Å². The monoisotopic (exact) mass is 430 g/mol. The van der Waals surface area contributed by atoms with Gasteiger partial charge in [-0.15, -0.1) is 5.10 Å². The van der Waals surface area contributed by atoms with E-state index >= 15 is 0 Å². The summed E-state index contributed by atoms with van der Waals surface area (Å²) >= 11 is 3.35. The maximum atomic E-state index is 12.0. The van der Waals surface area contributed by atoms with Gasteiger partial charge in [0.2, 0.25) is 0 Å². The minimum absolute atomic E-state index is 0.0854. The molecule has 8 nitrogen and oxygen atoms in total. The molecule has 3 aromatic rings. The van der Waals surface area contributed by atoms with Gasteiger partial charge in [0.15, 0.2) is 0 Å². The Bertz CT molecular complexity index is 968. The minimum atomic E-state index is -0.291. The summed E-state index contributed by atoms with van der Waals surface area (Å²) < 4.78 is 2.64. The number of aromatic nitrogens is 3. The summed E-state index contributed by atoms with van der Waals surface area (Å²) in [5, 5.41) is 13.7. The van der Waals surface area contributed by atoms with Crippen LogP contribution in [-0.4, -0.2) is 52.5 Å². The maximum Gasteiger partial charge on any atom is 0.319 e. The number of hydrogen-bond donors (Lipinski definition) is 2. The van der Waals surface area contributed by atoms with E-state index in [0.717, 1.165) is 9.99 Å². The lowest BCUT2D eigenvalue weighted by Gasteiger charge is -2.10. The Balaban J connectivity index is 1.58. The molecule has 0 fully saturated rings. The Morgan fingerprint density at radius 2 is 1.89 bits per heavy atom. The van der Waals surface area contributed by atoms with E-state index in [1.807, 2.05) is 18.2 Å². The fourth-order valence-corrected chi connectivity index (χ4v) is 2.78. The highest BCUT2D eigenvalue weighted by molar-refractivity contribution is 9.10. The van der Waals surface area contributed by atoms with Gasteiger partial charge >= 0.3 is 6.03 Å². The molecular formula is C18H19BrN6O2. The molecule has 0 spiro atoms. The number of anilines is 1. The molecule has 0 aliphatic carbocycles. The van der Waals surface area contributed by atoms with Gasteiger partial charge in [-0.3, -0.25) is 4.79 Å². The van der Waals surface area contributed by atoms with E-state index in [0.29, 0.717) is 29.9 Å². The van der Waals surface area contributed by atoms with Crippen molar-refractivity contribution < 1.29 is 9.59 Å². The van der Waals surface area contributed by atoms with Gasteiger partial charge in [0.25, 0.3) is 5.91 Å². The van der Waals surface area contributed by atoms with E-state index in [2.05, 4.69) is 36.9 Å². The number of nitrogens with one attached hydrogen (secondary N) is 2. The van der Waals surface area contributed by atoms with Gasteiger partial charge < -0.3 is 15.5 Å². The first-order valence-corrected chi connectivity index (χ1v) is 9.08. The van der Waals surface area contributed by atoms with Gasteiger partial charge in [0.1, 0.15) is 5.52 Å². The predicted octanol–water partition coefficient (Wildman–Crippen LogP) is 2.72. The highest BCUT2D eigenvalue weighted by Gasteiger charge is 2.11. The van der Waals surface area contributed by atoms with E-state index in [4.69, 9.17) is 0 Å². The fourth-order valence-electron chi connectivity index (χ4n) is 2.51. The van der Waals surface area contributed by atoms with E-state index in [-0.39, 0.29) is 11.9 Å². The van der Waals surface area contributed by atoms with Crippen LogP contribution in [0.1, 0.15) is 10.4 Å². The SMILES string of the molecule is CN(C)C(=O)c1ccc2c(c1)nnn2CCNC(=O)Nc1ccc(Br)cc1. The summed E-state index contributed by atoms with van der Waals surface area (Å²) in [5.74, 6) is -0.0854. The molecule has 0 bridgehead atoms. The van der Waals surface area contributed by atoms with E-state index in [1.165, 1.54) is 4.90 Å². The minimum Gasteiger partial charge on any atom is -0.345 e. The number of carbonyl (C=O) groups excluding carboxylic acids is 2. The zero-order valence-electron chi connectivity index (χ0n) is 14.9. The number of halogens is 1. The Kier molecular flexibility index (Phi) is 5.70. The number of amides is 3. The van der Waals surface area contributed by atoms with Crippen LogP contribution in [-0.2, 0) is 6.54 Å². The molecule has 9 heteroatoms. The third-order valence-electron chi connectivity index (χ3n) is 3.88. The second-order valence-electron chi connectivity index (χ2n) is 6.10. The van der Waals surface area contributed by atoms with Crippen LogP contribution >= 0.6 is 15.9 Å². The van der Waals surface area contributed by atoms with Gasteiger partial charge in [0, 0.05) is 36.4 Å². The van der Waals surface area contributed by atoms with Crippen LogP contribution in [0.3, 0.4) is 0 Å². The van der Waals surface area contributed by atoms with E-state index in [9.17, 15) is 9.59 Å². The summed E-state index contributed by atoms with van der Waals surface area (Å²) in [7, 11) is 3.41. The Morgan fingerprint density at radius 3 is 2.59 bits per heavy atom. The number of carbonyl (C=O) groups is 2. The highest BCUT2D eigenvalue weighted by atomic mass is 79.9. The van der Waals surface area contributed by atoms with Gasteiger partial charge in [-0.05, 0) is 42.5 Å². The van der Waals surface area contributed by atoms with Crippen LogP contribution < -0.4 is 10.6 Å². The molecule has 1 heterocycles. The molecule has 0 saturated heterocycles. The van der Waals surface area contributed by atoms with Crippen molar-refractivity contribution in [3.8, 4) is 0 Å². The zero-order valence-corrected chi connectivity index (χ0v) is 16.5. The molecule has 140 valence electrons. The van der Waals surface area contributed by atoms with Crippen molar-refractivity contribution in [2.24, 2.45) is 0 Å². The van der Waals surface area contributed by atoms with Crippen LogP contribution in [0.5, 0.6) is 0 Å². The number of fused-ring (bicyclic) bond motifs is 1. The Hall–Kier alpha value is -2.94. The molecule has 1 aromatic heterocycles. The highest BCUT2D eigenvalue weighted by Crippen LogP contribution is 2.15. The zero-order chi connectivity index (χ0) is 19.4. The summed E-state index contributed by atoms with van der Waals surface area (Å²) in [6.07, 6.45) is 0. The van der Waals surface area contributed by atoms with Gasteiger partial charge in [-0.2, -0.15) is 0 Å². The van der Waals surface area contributed by atoms with Crippen LogP contribution in [0, 0.1) is 0 Å². The molecule has 0 aliphatic rings. The first kappa shape index (κ1) is 18.8. The third kappa shape index (κ3) is 4.62. The lowest BCUT2D eigenvalue weighted by atomic mass is 10.2. The van der Waals surface area contributed by atoms with Crippen molar-refractivity contribution in [1.82, 2.24) is 25.2 Å². The molecule has 2 aromatic carbocycles. The molecule has 2 N–H and O–H groups in total.